The quantitative estimate of drug-likeness (QED) is 0.629. The average Bonchev–Trinajstić information content (AvgIpc) is 2.46. The van der Waals surface area contributed by atoms with E-state index in [9.17, 15) is 27.9 Å². The number of carboxylic acids is 1. The van der Waals surface area contributed by atoms with Gasteiger partial charge in [-0.25, -0.2) is 0 Å². The Morgan fingerprint density at radius 3 is 2.19 bits per heavy atom. The molecule has 0 aromatic rings. The molecule has 5 nitrogen and oxygen atoms in total. The second kappa shape index (κ2) is 4.28. The highest BCUT2D eigenvalue weighted by Gasteiger charge is 2.44. The minimum atomic E-state index is -5.03. The molecule has 0 unspecified atom stereocenters. The number of amides is 1. The minimum absolute atomic E-state index is 0.155. The van der Waals surface area contributed by atoms with Crippen molar-refractivity contribution in [3.63, 3.8) is 0 Å². The number of halogens is 3. The zero-order chi connectivity index (χ0) is 12.5. The summed E-state index contributed by atoms with van der Waals surface area (Å²) >= 11 is 0. The van der Waals surface area contributed by atoms with E-state index in [2.05, 4.69) is 0 Å². The number of hydrogen-bond acceptors (Lipinski definition) is 3. The summed E-state index contributed by atoms with van der Waals surface area (Å²) in [6.45, 7) is 0. The van der Waals surface area contributed by atoms with E-state index >= 15 is 0 Å². The van der Waals surface area contributed by atoms with Crippen molar-refractivity contribution in [3.8, 4) is 0 Å². The molecule has 0 bridgehead atoms. The molecule has 0 saturated heterocycles. The molecule has 0 aromatic heterocycles. The van der Waals surface area contributed by atoms with E-state index in [1.54, 1.807) is 5.32 Å². The van der Waals surface area contributed by atoms with E-state index in [-0.39, 0.29) is 12.8 Å². The normalized spacial score (nSPS) is 30.1. The molecule has 1 saturated carbocycles. The van der Waals surface area contributed by atoms with Gasteiger partial charge in [0.05, 0.1) is 18.1 Å². The zero-order valence-corrected chi connectivity index (χ0v) is 7.99. The minimum Gasteiger partial charge on any atom is -0.481 e. The number of carbonyl (C=O) groups is 2. The molecule has 3 N–H and O–H groups in total. The molecular formula is C8H10F3NO4. The molecule has 1 aliphatic rings. The lowest BCUT2D eigenvalue weighted by atomic mass is 10.1. The summed E-state index contributed by atoms with van der Waals surface area (Å²) in [4.78, 5) is 21.1. The fourth-order valence-electron chi connectivity index (χ4n) is 1.62. The lowest BCUT2D eigenvalue weighted by molar-refractivity contribution is -0.175. The Morgan fingerprint density at radius 2 is 1.81 bits per heavy atom. The monoisotopic (exact) mass is 241 g/mol. The number of alkyl halides is 3. The molecule has 8 heteroatoms. The lowest BCUT2D eigenvalue weighted by Gasteiger charge is -2.17. The van der Waals surface area contributed by atoms with Crippen LogP contribution in [0.2, 0.25) is 0 Å². The molecular weight excluding hydrogens is 231 g/mol. The summed E-state index contributed by atoms with van der Waals surface area (Å²) in [5.41, 5.74) is 0. The summed E-state index contributed by atoms with van der Waals surface area (Å²) in [7, 11) is 0. The summed E-state index contributed by atoms with van der Waals surface area (Å²) in [6, 6.07) is -1.16. The van der Waals surface area contributed by atoms with Crippen LogP contribution in [0.25, 0.3) is 0 Å². The second-order valence-electron chi connectivity index (χ2n) is 3.65. The highest BCUT2D eigenvalue weighted by molar-refractivity contribution is 5.82. The van der Waals surface area contributed by atoms with Crippen molar-refractivity contribution in [1.29, 1.82) is 0 Å². The van der Waals surface area contributed by atoms with Crippen LogP contribution in [0.1, 0.15) is 12.8 Å². The summed E-state index contributed by atoms with van der Waals surface area (Å²) < 4.78 is 35.6. The van der Waals surface area contributed by atoms with Crippen LogP contribution in [-0.2, 0) is 9.59 Å². The Morgan fingerprint density at radius 1 is 1.25 bits per heavy atom. The first kappa shape index (κ1) is 12.8. The van der Waals surface area contributed by atoms with Gasteiger partial charge in [-0.3, -0.25) is 9.59 Å². The number of aliphatic hydroxyl groups is 1. The second-order valence-corrected chi connectivity index (χ2v) is 3.65. The molecule has 0 spiro atoms. The van der Waals surface area contributed by atoms with E-state index in [1.807, 2.05) is 0 Å². The standard InChI is InChI=1S/C8H10F3NO4/c9-8(10,11)7(16)12-4-1-3(6(14)15)2-5(4)13/h3-5,13H,1-2H2,(H,12,16)(H,14,15)/t3-,4+,5-/m1/s1. The number of aliphatic carboxylic acids is 1. The maximum atomic E-state index is 11.9. The van der Waals surface area contributed by atoms with Crippen molar-refractivity contribution in [3.05, 3.63) is 0 Å². The first-order valence-corrected chi connectivity index (χ1v) is 4.50. The number of hydrogen-bond donors (Lipinski definition) is 3. The van der Waals surface area contributed by atoms with Crippen molar-refractivity contribution in [2.45, 2.75) is 31.2 Å². The number of aliphatic hydroxyl groups excluding tert-OH is 1. The molecule has 1 amide bonds. The van der Waals surface area contributed by atoms with Crippen LogP contribution >= 0.6 is 0 Å². The first-order chi connectivity index (χ1) is 7.21. The topological polar surface area (TPSA) is 86.6 Å². The number of rotatable bonds is 2. The third-order valence-electron chi connectivity index (χ3n) is 2.45. The Kier molecular flexibility index (Phi) is 3.41. The van der Waals surface area contributed by atoms with Crippen LogP contribution in [0.3, 0.4) is 0 Å². The van der Waals surface area contributed by atoms with E-state index in [4.69, 9.17) is 5.11 Å². The van der Waals surface area contributed by atoms with Crippen molar-refractivity contribution in [1.82, 2.24) is 5.32 Å². The lowest BCUT2D eigenvalue weighted by Crippen LogP contribution is -2.46. The molecule has 1 aliphatic carbocycles. The maximum Gasteiger partial charge on any atom is 0.471 e. The number of carboxylic acid groups (broad SMARTS) is 1. The Labute approximate surface area is 88.2 Å². The van der Waals surface area contributed by atoms with Crippen LogP contribution in [0.15, 0.2) is 0 Å². The van der Waals surface area contributed by atoms with E-state index in [0.29, 0.717) is 0 Å². The van der Waals surface area contributed by atoms with Gasteiger partial charge < -0.3 is 15.5 Å². The van der Waals surface area contributed by atoms with Gasteiger partial charge in [-0.15, -0.1) is 0 Å². The fraction of sp³-hybridized carbons (Fsp3) is 0.750. The SMILES string of the molecule is O=C(O)[C@H]1C[C@@H](O)[C@@H](NC(=O)C(F)(F)F)C1. The molecule has 0 radical (unpaired) electrons. The Bertz CT molecular complexity index is 304. The van der Waals surface area contributed by atoms with Crippen LogP contribution < -0.4 is 5.32 Å². The summed E-state index contributed by atoms with van der Waals surface area (Å²) in [5.74, 6) is -4.28. The molecule has 16 heavy (non-hydrogen) atoms. The van der Waals surface area contributed by atoms with Crippen LogP contribution in [-0.4, -0.2) is 40.4 Å². The van der Waals surface area contributed by atoms with Crippen molar-refractivity contribution >= 4 is 11.9 Å². The first-order valence-electron chi connectivity index (χ1n) is 4.50. The van der Waals surface area contributed by atoms with Crippen LogP contribution in [0, 0.1) is 5.92 Å². The van der Waals surface area contributed by atoms with E-state index in [0.717, 1.165) is 0 Å². The van der Waals surface area contributed by atoms with Crippen molar-refractivity contribution < 1.29 is 33.0 Å². The molecule has 1 fully saturated rings. The van der Waals surface area contributed by atoms with Gasteiger partial charge in [0.25, 0.3) is 0 Å². The van der Waals surface area contributed by atoms with Crippen LogP contribution in [0.5, 0.6) is 0 Å². The molecule has 0 aliphatic heterocycles. The Hall–Kier alpha value is -1.31. The smallest absolute Gasteiger partial charge is 0.471 e. The molecule has 0 heterocycles. The fourth-order valence-corrected chi connectivity index (χ4v) is 1.62. The third kappa shape index (κ3) is 2.84. The third-order valence-corrected chi connectivity index (χ3v) is 2.45. The molecule has 1 rings (SSSR count). The average molecular weight is 241 g/mol. The highest BCUT2D eigenvalue weighted by Crippen LogP contribution is 2.27. The summed E-state index contributed by atoms with van der Waals surface area (Å²) in [6.07, 6.45) is -6.63. The van der Waals surface area contributed by atoms with Gasteiger partial charge in [0, 0.05) is 0 Å². The van der Waals surface area contributed by atoms with Crippen molar-refractivity contribution in [2.75, 3.05) is 0 Å². The molecule has 3 atom stereocenters. The predicted octanol–water partition coefficient (Wildman–Crippen LogP) is -0.111. The van der Waals surface area contributed by atoms with Crippen LogP contribution in [0.4, 0.5) is 13.2 Å². The molecule has 92 valence electrons. The summed E-state index contributed by atoms with van der Waals surface area (Å²) in [5, 5.41) is 19.5. The maximum absolute atomic E-state index is 11.9. The van der Waals surface area contributed by atoms with Gasteiger partial charge >= 0.3 is 18.1 Å². The van der Waals surface area contributed by atoms with Gasteiger partial charge in [-0.1, -0.05) is 0 Å². The van der Waals surface area contributed by atoms with Gasteiger partial charge in [0.1, 0.15) is 0 Å². The van der Waals surface area contributed by atoms with Gasteiger partial charge in [0.2, 0.25) is 0 Å². The zero-order valence-electron chi connectivity index (χ0n) is 7.99. The highest BCUT2D eigenvalue weighted by atomic mass is 19.4. The Balaban J connectivity index is 2.57. The largest absolute Gasteiger partial charge is 0.481 e. The van der Waals surface area contributed by atoms with E-state index in [1.165, 1.54) is 0 Å². The predicted molar refractivity (Wildman–Crippen MR) is 44.4 cm³/mol. The van der Waals surface area contributed by atoms with Gasteiger partial charge in [0.15, 0.2) is 0 Å². The van der Waals surface area contributed by atoms with Crippen molar-refractivity contribution in [2.24, 2.45) is 5.92 Å². The molecule has 0 aromatic carbocycles. The van der Waals surface area contributed by atoms with Gasteiger partial charge in [-0.2, -0.15) is 13.2 Å². The number of nitrogens with one attached hydrogen (secondary N) is 1. The number of carbonyl (C=O) groups excluding carboxylic acids is 1. The van der Waals surface area contributed by atoms with E-state index < -0.39 is 36.1 Å². The van der Waals surface area contributed by atoms with Gasteiger partial charge in [-0.05, 0) is 12.8 Å².